The molecule has 1 aromatic rings. The molecule has 0 atom stereocenters. The molecule has 2 heterocycles. The van der Waals surface area contributed by atoms with Gasteiger partial charge in [-0.25, -0.2) is 9.97 Å². The Morgan fingerprint density at radius 2 is 2.06 bits per heavy atom. The van der Waals surface area contributed by atoms with Crippen LogP contribution in [0.15, 0.2) is 12.4 Å². The number of anilines is 1. The van der Waals surface area contributed by atoms with Gasteiger partial charge >= 0.3 is 5.97 Å². The van der Waals surface area contributed by atoms with Crippen molar-refractivity contribution < 1.29 is 14.6 Å². The van der Waals surface area contributed by atoms with Crippen LogP contribution in [0.5, 0.6) is 0 Å². The summed E-state index contributed by atoms with van der Waals surface area (Å²) in [6, 6.07) is 0. The molecule has 0 amide bonds. The van der Waals surface area contributed by atoms with Gasteiger partial charge < -0.3 is 15.2 Å². The molecule has 1 saturated heterocycles. The van der Waals surface area contributed by atoms with Crippen LogP contribution in [0, 0.1) is 0 Å². The summed E-state index contributed by atoms with van der Waals surface area (Å²) in [4.78, 5) is 18.6. The van der Waals surface area contributed by atoms with Crippen molar-refractivity contribution in [1.82, 2.24) is 9.97 Å². The third-order valence-electron chi connectivity index (χ3n) is 2.76. The van der Waals surface area contributed by atoms with Crippen LogP contribution in [-0.4, -0.2) is 40.8 Å². The minimum absolute atomic E-state index is 0.170. The van der Waals surface area contributed by atoms with E-state index in [9.17, 15) is 4.79 Å². The number of rotatable bonds is 4. The second-order valence-corrected chi connectivity index (χ2v) is 3.97. The Labute approximate surface area is 99.0 Å². The lowest BCUT2D eigenvalue weighted by Crippen LogP contribution is -2.16. The smallest absolute Gasteiger partial charge is 0.322 e. The second-order valence-electron chi connectivity index (χ2n) is 3.97. The third kappa shape index (κ3) is 3.39. The van der Waals surface area contributed by atoms with Crippen LogP contribution in [-0.2, 0) is 9.53 Å². The molecule has 6 nitrogen and oxygen atoms in total. The number of hydrogen-bond donors (Lipinski definition) is 2. The highest BCUT2D eigenvalue weighted by atomic mass is 16.5. The molecular weight excluding hydrogens is 222 g/mol. The van der Waals surface area contributed by atoms with Crippen LogP contribution in [0.2, 0.25) is 0 Å². The Morgan fingerprint density at radius 1 is 1.41 bits per heavy atom. The molecule has 6 heteroatoms. The lowest BCUT2D eigenvalue weighted by atomic mass is 9.94. The average Bonchev–Trinajstić information content (AvgIpc) is 2.38. The van der Waals surface area contributed by atoms with Gasteiger partial charge in [0.15, 0.2) is 0 Å². The number of carboxylic acids is 1. The van der Waals surface area contributed by atoms with Crippen LogP contribution in [0.25, 0.3) is 0 Å². The van der Waals surface area contributed by atoms with Crippen molar-refractivity contribution in [2.24, 2.45) is 0 Å². The van der Waals surface area contributed by atoms with Crippen molar-refractivity contribution >= 4 is 11.9 Å². The molecule has 2 N–H and O–H groups in total. The zero-order valence-corrected chi connectivity index (χ0v) is 9.43. The van der Waals surface area contributed by atoms with Crippen LogP contribution in [0.3, 0.4) is 0 Å². The van der Waals surface area contributed by atoms with Gasteiger partial charge in [-0.15, -0.1) is 0 Å². The first-order valence-corrected chi connectivity index (χ1v) is 5.61. The summed E-state index contributed by atoms with van der Waals surface area (Å²) in [7, 11) is 0. The van der Waals surface area contributed by atoms with Gasteiger partial charge in [0.1, 0.15) is 6.54 Å². The molecule has 0 aliphatic carbocycles. The summed E-state index contributed by atoms with van der Waals surface area (Å²) < 4.78 is 5.29. The number of aromatic nitrogens is 2. The second kappa shape index (κ2) is 5.58. The zero-order valence-electron chi connectivity index (χ0n) is 9.43. The number of hydrogen-bond acceptors (Lipinski definition) is 5. The number of aliphatic carboxylic acids is 1. The minimum atomic E-state index is -0.929. The predicted octanol–water partition coefficient (Wildman–Crippen LogP) is 0.867. The van der Waals surface area contributed by atoms with Gasteiger partial charge in [0.05, 0.1) is 0 Å². The van der Waals surface area contributed by atoms with Gasteiger partial charge in [0.2, 0.25) is 5.95 Å². The Morgan fingerprint density at radius 3 is 2.65 bits per heavy atom. The van der Waals surface area contributed by atoms with E-state index in [1.807, 2.05) is 0 Å². The Kier molecular flexibility index (Phi) is 3.87. The van der Waals surface area contributed by atoms with Crippen molar-refractivity contribution in [3.05, 3.63) is 18.0 Å². The number of ether oxygens (including phenoxy) is 1. The maximum absolute atomic E-state index is 10.4. The quantitative estimate of drug-likeness (QED) is 0.808. The number of nitrogens with zero attached hydrogens (tertiary/aromatic N) is 2. The maximum atomic E-state index is 10.4. The van der Waals surface area contributed by atoms with Crippen LogP contribution in [0.1, 0.15) is 24.3 Å². The van der Waals surface area contributed by atoms with E-state index in [0.717, 1.165) is 31.6 Å². The van der Waals surface area contributed by atoms with Gasteiger partial charge in [-0.3, -0.25) is 4.79 Å². The zero-order chi connectivity index (χ0) is 12.1. The Hall–Kier alpha value is -1.69. The third-order valence-corrected chi connectivity index (χ3v) is 2.76. The monoisotopic (exact) mass is 237 g/mol. The summed E-state index contributed by atoms with van der Waals surface area (Å²) in [6.07, 6.45) is 5.50. The van der Waals surface area contributed by atoms with E-state index in [0.29, 0.717) is 11.9 Å². The molecule has 0 aromatic carbocycles. The van der Waals surface area contributed by atoms with Gasteiger partial charge in [0, 0.05) is 25.6 Å². The molecule has 0 saturated carbocycles. The van der Waals surface area contributed by atoms with E-state index in [4.69, 9.17) is 9.84 Å². The maximum Gasteiger partial charge on any atom is 0.322 e. The molecule has 1 aromatic heterocycles. The summed E-state index contributed by atoms with van der Waals surface area (Å²) in [5.41, 5.74) is 1.09. The minimum Gasteiger partial charge on any atom is -0.480 e. The molecule has 1 aliphatic heterocycles. The standard InChI is InChI=1S/C11H15N3O3/c15-10(16)7-14-11-12-5-9(6-13-11)8-1-3-17-4-2-8/h5-6,8H,1-4,7H2,(H,15,16)(H,12,13,14). The molecule has 1 aliphatic rings. The fourth-order valence-corrected chi connectivity index (χ4v) is 1.83. The van der Waals surface area contributed by atoms with Crippen LogP contribution in [0.4, 0.5) is 5.95 Å². The molecule has 0 spiro atoms. The van der Waals surface area contributed by atoms with Gasteiger partial charge in [-0.1, -0.05) is 0 Å². The molecule has 2 rings (SSSR count). The lowest BCUT2D eigenvalue weighted by molar-refractivity contribution is -0.134. The number of carboxylic acid groups (broad SMARTS) is 1. The Balaban J connectivity index is 1.94. The van der Waals surface area contributed by atoms with E-state index in [1.54, 1.807) is 12.4 Å². The van der Waals surface area contributed by atoms with Crippen molar-refractivity contribution in [3.63, 3.8) is 0 Å². The summed E-state index contributed by atoms with van der Waals surface area (Å²) in [5, 5.41) is 11.1. The Bertz CT molecular complexity index is 374. The van der Waals surface area contributed by atoms with Crippen molar-refractivity contribution in [2.75, 3.05) is 25.1 Å². The molecule has 92 valence electrons. The number of carbonyl (C=O) groups is 1. The summed E-state index contributed by atoms with van der Waals surface area (Å²) >= 11 is 0. The molecule has 17 heavy (non-hydrogen) atoms. The SMILES string of the molecule is O=C(O)CNc1ncc(C2CCOCC2)cn1. The predicted molar refractivity (Wildman–Crippen MR) is 61.0 cm³/mol. The van der Waals surface area contributed by atoms with Gasteiger partial charge in [-0.2, -0.15) is 0 Å². The van der Waals surface area contributed by atoms with Crippen molar-refractivity contribution in [1.29, 1.82) is 0 Å². The number of nitrogens with one attached hydrogen (secondary N) is 1. The molecular formula is C11H15N3O3. The van der Waals surface area contributed by atoms with Crippen molar-refractivity contribution in [2.45, 2.75) is 18.8 Å². The first kappa shape index (κ1) is 11.8. The van der Waals surface area contributed by atoms with E-state index in [2.05, 4.69) is 15.3 Å². The normalized spacial score (nSPS) is 16.7. The topological polar surface area (TPSA) is 84.3 Å². The lowest BCUT2D eigenvalue weighted by Gasteiger charge is -2.21. The summed E-state index contributed by atoms with van der Waals surface area (Å²) in [5.74, 6) is -0.123. The van der Waals surface area contributed by atoms with Crippen LogP contribution >= 0.6 is 0 Å². The largest absolute Gasteiger partial charge is 0.480 e. The van der Waals surface area contributed by atoms with E-state index in [-0.39, 0.29) is 6.54 Å². The van der Waals surface area contributed by atoms with Crippen LogP contribution < -0.4 is 5.32 Å². The van der Waals surface area contributed by atoms with E-state index < -0.39 is 5.97 Å². The van der Waals surface area contributed by atoms with Gasteiger partial charge in [0.25, 0.3) is 0 Å². The highest BCUT2D eigenvalue weighted by Crippen LogP contribution is 2.25. The fraction of sp³-hybridized carbons (Fsp3) is 0.545. The molecule has 0 unspecified atom stereocenters. The first-order chi connectivity index (χ1) is 8.25. The van der Waals surface area contributed by atoms with E-state index >= 15 is 0 Å². The molecule has 0 bridgehead atoms. The summed E-state index contributed by atoms with van der Waals surface area (Å²) in [6.45, 7) is 1.39. The highest BCUT2D eigenvalue weighted by molar-refractivity contribution is 5.71. The van der Waals surface area contributed by atoms with E-state index in [1.165, 1.54) is 0 Å². The highest BCUT2D eigenvalue weighted by Gasteiger charge is 2.16. The molecule has 1 fully saturated rings. The fourth-order valence-electron chi connectivity index (χ4n) is 1.83. The molecule has 0 radical (unpaired) electrons. The van der Waals surface area contributed by atoms with Crippen molar-refractivity contribution in [3.8, 4) is 0 Å². The average molecular weight is 237 g/mol. The first-order valence-electron chi connectivity index (χ1n) is 5.61. The van der Waals surface area contributed by atoms with Gasteiger partial charge in [-0.05, 0) is 24.3 Å².